The van der Waals surface area contributed by atoms with Gasteiger partial charge in [-0.25, -0.2) is 0 Å². The third kappa shape index (κ3) is 5.55. The predicted octanol–water partition coefficient (Wildman–Crippen LogP) is 4.15. The first-order valence-electron chi connectivity index (χ1n) is 7.72. The zero-order valence-electron chi connectivity index (χ0n) is 13.3. The van der Waals surface area contributed by atoms with Gasteiger partial charge in [0, 0.05) is 5.30 Å². The SMILES string of the molecule is CCCOC(OCCC)P(=O)(OCCC)c1ccccc1. The fourth-order valence-corrected chi connectivity index (χ4v) is 3.96. The molecule has 0 heterocycles. The molecular formula is C16H27O4P. The number of ether oxygens (including phenoxy) is 2. The predicted molar refractivity (Wildman–Crippen MR) is 86.2 cm³/mol. The normalized spacial score (nSPS) is 14.3. The summed E-state index contributed by atoms with van der Waals surface area (Å²) in [5.41, 5.74) is 0. The van der Waals surface area contributed by atoms with Gasteiger partial charge in [0.25, 0.3) is 7.37 Å². The quantitative estimate of drug-likeness (QED) is 0.454. The molecule has 0 bridgehead atoms. The molecule has 1 aromatic carbocycles. The summed E-state index contributed by atoms with van der Waals surface area (Å²) in [4.78, 5) is 0. The van der Waals surface area contributed by atoms with Crippen LogP contribution in [0.4, 0.5) is 0 Å². The lowest BCUT2D eigenvalue weighted by Gasteiger charge is -2.27. The average molecular weight is 314 g/mol. The summed E-state index contributed by atoms with van der Waals surface area (Å²) in [5, 5.41) is 0.649. The van der Waals surface area contributed by atoms with Crippen LogP contribution < -0.4 is 5.30 Å². The molecule has 5 heteroatoms. The molecule has 1 unspecified atom stereocenters. The summed E-state index contributed by atoms with van der Waals surface area (Å²) in [6.07, 6.45) is 2.48. The van der Waals surface area contributed by atoms with Crippen LogP contribution in [-0.2, 0) is 18.6 Å². The molecule has 0 aliphatic rings. The first kappa shape index (κ1) is 18.4. The van der Waals surface area contributed by atoms with Crippen LogP contribution in [0.5, 0.6) is 0 Å². The Bertz CT molecular complexity index is 414. The number of rotatable bonds is 11. The molecule has 21 heavy (non-hydrogen) atoms. The Morgan fingerprint density at radius 3 is 1.90 bits per heavy atom. The van der Waals surface area contributed by atoms with Crippen molar-refractivity contribution in [2.45, 2.75) is 46.1 Å². The topological polar surface area (TPSA) is 44.8 Å². The van der Waals surface area contributed by atoms with E-state index in [1.165, 1.54) is 0 Å². The highest BCUT2D eigenvalue weighted by Crippen LogP contribution is 2.52. The van der Waals surface area contributed by atoms with Crippen LogP contribution in [0.15, 0.2) is 30.3 Å². The van der Waals surface area contributed by atoms with Gasteiger partial charge >= 0.3 is 0 Å². The van der Waals surface area contributed by atoms with E-state index in [1.54, 1.807) is 0 Å². The van der Waals surface area contributed by atoms with E-state index >= 15 is 0 Å². The zero-order valence-corrected chi connectivity index (χ0v) is 14.2. The Hall–Kier alpha value is -0.670. The maximum Gasteiger partial charge on any atom is 0.286 e. The molecular weight excluding hydrogens is 287 g/mol. The molecule has 0 radical (unpaired) electrons. The van der Waals surface area contributed by atoms with E-state index in [-0.39, 0.29) is 0 Å². The van der Waals surface area contributed by atoms with E-state index in [1.807, 2.05) is 51.1 Å². The van der Waals surface area contributed by atoms with Crippen LogP contribution in [0, 0.1) is 0 Å². The molecule has 1 rings (SSSR count). The summed E-state index contributed by atoms with van der Waals surface area (Å²) < 4.78 is 30.5. The van der Waals surface area contributed by atoms with E-state index in [9.17, 15) is 4.57 Å². The summed E-state index contributed by atoms with van der Waals surface area (Å²) in [6, 6.07) is 8.40. The molecule has 0 amide bonds. The van der Waals surface area contributed by atoms with Crippen molar-refractivity contribution in [1.29, 1.82) is 0 Å². The van der Waals surface area contributed by atoms with Crippen LogP contribution in [0.2, 0.25) is 0 Å². The Morgan fingerprint density at radius 2 is 1.43 bits per heavy atom. The maximum absolute atomic E-state index is 13.4. The molecule has 0 fully saturated rings. The van der Waals surface area contributed by atoms with Crippen LogP contribution >= 0.6 is 7.37 Å². The molecule has 0 aliphatic carbocycles. The van der Waals surface area contributed by atoms with Crippen molar-refractivity contribution in [2.75, 3.05) is 19.8 Å². The maximum atomic E-state index is 13.4. The second-order valence-corrected chi connectivity index (χ2v) is 7.20. The van der Waals surface area contributed by atoms with E-state index in [2.05, 4.69) is 0 Å². The Balaban J connectivity index is 3.02. The van der Waals surface area contributed by atoms with Gasteiger partial charge in [0.05, 0.1) is 19.8 Å². The summed E-state index contributed by atoms with van der Waals surface area (Å²) in [5.74, 6) is 0. The molecule has 0 saturated carbocycles. The van der Waals surface area contributed by atoms with Crippen molar-refractivity contribution < 1.29 is 18.6 Å². The van der Waals surface area contributed by atoms with Gasteiger partial charge in [-0.2, -0.15) is 0 Å². The number of benzene rings is 1. The second-order valence-electron chi connectivity index (χ2n) is 4.81. The summed E-state index contributed by atoms with van der Waals surface area (Å²) >= 11 is 0. The van der Waals surface area contributed by atoms with Gasteiger partial charge in [-0.1, -0.05) is 39.0 Å². The van der Waals surface area contributed by atoms with Crippen molar-refractivity contribution >= 4 is 12.7 Å². The van der Waals surface area contributed by atoms with E-state index < -0.39 is 13.4 Å². The first-order chi connectivity index (χ1) is 10.2. The Kier molecular flexibility index (Phi) is 8.86. The van der Waals surface area contributed by atoms with Crippen LogP contribution in [0.25, 0.3) is 0 Å². The molecule has 0 saturated heterocycles. The number of hydrogen-bond donors (Lipinski definition) is 0. The minimum absolute atomic E-state index is 0.424. The van der Waals surface area contributed by atoms with Crippen LogP contribution in [0.1, 0.15) is 40.0 Å². The highest BCUT2D eigenvalue weighted by atomic mass is 31.2. The lowest BCUT2D eigenvalue weighted by Crippen LogP contribution is -2.26. The lowest BCUT2D eigenvalue weighted by molar-refractivity contribution is -0.0951. The molecule has 0 spiro atoms. The zero-order chi connectivity index (χ0) is 15.6. The van der Waals surface area contributed by atoms with Gasteiger partial charge in [-0.05, 0) is 31.4 Å². The van der Waals surface area contributed by atoms with Crippen molar-refractivity contribution in [3.8, 4) is 0 Å². The largest absolute Gasteiger partial charge is 0.344 e. The Labute approximate surface area is 128 Å². The van der Waals surface area contributed by atoms with Crippen molar-refractivity contribution in [3.05, 3.63) is 30.3 Å². The van der Waals surface area contributed by atoms with Crippen LogP contribution in [0.3, 0.4) is 0 Å². The smallest absolute Gasteiger partial charge is 0.286 e. The minimum Gasteiger partial charge on any atom is -0.344 e. The van der Waals surface area contributed by atoms with E-state index in [4.69, 9.17) is 14.0 Å². The van der Waals surface area contributed by atoms with Gasteiger partial charge in [0.1, 0.15) is 0 Å². The van der Waals surface area contributed by atoms with Gasteiger partial charge in [-0.3, -0.25) is 4.57 Å². The third-order valence-electron chi connectivity index (χ3n) is 2.81. The monoisotopic (exact) mass is 314 g/mol. The lowest BCUT2D eigenvalue weighted by atomic mass is 10.4. The molecule has 0 aromatic heterocycles. The fourth-order valence-electron chi connectivity index (χ4n) is 1.80. The summed E-state index contributed by atoms with van der Waals surface area (Å²) in [6.45, 7) is 7.44. The molecule has 1 atom stereocenters. The highest BCUT2D eigenvalue weighted by molar-refractivity contribution is 7.67. The average Bonchev–Trinajstić information content (AvgIpc) is 2.53. The van der Waals surface area contributed by atoms with Crippen LogP contribution in [-0.4, -0.2) is 25.9 Å². The molecule has 0 N–H and O–H groups in total. The molecule has 1 aromatic rings. The summed E-state index contributed by atoms with van der Waals surface area (Å²) in [7, 11) is -3.20. The van der Waals surface area contributed by atoms with E-state index in [0.717, 1.165) is 19.3 Å². The van der Waals surface area contributed by atoms with Gasteiger partial charge in [0.15, 0.2) is 0 Å². The van der Waals surface area contributed by atoms with Gasteiger partial charge < -0.3 is 14.0 Å². The van der Waals surface area contributed by atoms with Crippen molar-refractivity contribution in [3.63, 3.8) is 0 Å². The minimum atomic E-state index is -3.20. The standard InChI is InChI=1S/C16H27O4P/c1-4-12-18-16(19-13-5-2)21(17,20-14-6-3)15-10-8-7-9-11-15/h7-11,16H,4-6,12-14H2,1-3H3. The van der Waals surface area contributed by atoms with Gasteiger partial charge in [-0.15, -0.1) is 0 Å². The number of hydrogen-bond acceptors (Lipinski definition) is 4. The van der Waals surface area contributed by atoms with Crippen molar-refractivity contribution in [2.24, 2.45) is 0 Å². The third-order valence-corrected chi connectivity index (χ3v) is 5.25. The van der Waals surface area contributed by atoms with Crippen molar-refractivity contribution in [1.82, 2.24) is 0 Å². The molecule has 120 valence electrons. The highest BCUT2D eigenvalue weighted by Gasteiger charge is 2.38. The Morgan fingerprint density at radius 1 is 0.905 bits per heavy atom. The van der Waals surface area contributed by atoms with Gasteiger partial charge in [0.2, 0.25) is 6.03 Å². The second kappa shape index (κ2) is 10.1. The van der Waals surface area contributed by atoms with E-state index in [0.29, 0.717) is 25.1 Å². The first-order valence-corrected chi connectivity index (χ1v) is 9.41. The fraction of sp³-hybridized carbons (Fsp3) is 0.625. The molecule has 4 nitrogen and oxygen atoms in total. The molecule has 0 aliphatic heterocycles.